The van der Waals surface area contributed by atoms with E-state index in [0.29, 0.717) is 13.2 Å². The molecule has 2 heterocycles. The molecule has 0 radical (unpaired) electrons. The quantitative estimate of drug-likeness (QED) is 0.687. The lowest BCUT2D eigenvalue weighted by Gasteiger charge is -2.06. The van der Waals surface area contributed by atoms with Crippen molar-refractivity contribution >= 4 is 0 Å². The van der Waals surface area contributed by atoms with Crippen LogP contribution in [0.3, 0.4) is 0 Å². The van der Waals surface area contributed by atoms with E-state index in [1.807, 2.05) is 18.2 Å². The molecule has 2 aliphatic rings. The number of benzene rings is 1. The number of ether oxygens (including phenoxy) is 3. The molecule has 0 amide bonds. The van der Waals surface area contributed by atoms with Gasteiger partial charge in [0.1, 0.15) is 0 Å². The molecule has 0 aromatic heterocycles. The van der Waals surface area contributed by atoms with E-state index >= 15 is 0 Å². The van der Waals surface area contributed by atoms with E-state index in [4.69, 9.17) is 19.1 Å². The molecule has 1 aromatic carbocycles. The molecule has 1 unspecified atom stereocenters. The van der Waals surface area contributed by atoms with Gasteiger partial charge < -0.3 is 14.2 Å². The summed E-state index contributed by atoms with van der Waals surface area (Å²) in [4.78, 5) is 9.53. The van der Waals surface area contributed by atoms with Gasteiger partial charge in [0.15, 0.2) is 24.6 Å². The summed E-state index contributed by atoms with van der Waals surface area (Å²) in [7, 11) is 0. The lowest BCUT2D eigenvalue weighted by molar-refractivity contribution is -0.276. The Labute approximate surface area is 86.4 Å². The maximum absolute atomic E-state index is 5.27. The molecule has 2 aliphatic heterocycles. The molecule has 0 spiro atoms. The standard InChI is InChI=1S/C10H10O5/c1-2-8-9(12-5-11-8)3-7(1)4-10-13-6-14-15-10/h1-3,10H,4-6H2. The van der Waals surface area contributed by atoms with E-state index < -0.39 is 0 Å². The first-order valence-corrected chi connectivity index (χ1v) is 4.70. The predicted molar refractivity (Wildman–Crippen MR) is 48.2 cm³/mol. The third kappa shape index (κ3) is 1.77. The second kappa shape index (κ2) is 3.69. The summed E-state index contributed by atoms with van der Waals surface area (Å²) >= 11 is 0. The minimum absolute atomic E-state index is 0.190. The molecule has 1 aromatic rings. The summed E-state index contributed by atoms with van der Waals surface area (Å²) in [5.74, 6) is 1.55. The summed E-state index contributed by atoms with van der Waals surface area (Å²) in [5, 5.41) is 0. The summed E-state index contributed by atoms with van der Waals surface area (Å²) in [6, 6.07) is 5.76. The maximum atomic E-state index is 5.27. The van der Waals surface area contributed by atoms with E-state index in [-0.39, 0.29) is 13.1 Å². The molecule has 5 heteroatoms. The summed E-state index contributed by atoms with van der Waals surface area (Å²) in [6.45, 7) is 0.480. The predicted octanol–water partition coefficient (Wildman–Crippen LogP) is 1.22. The van der Waals surface area contributed by atoms with Crippen molar-refractivity contribution in [3.8, 4) is 11.5 Å². The van der Waals surface area contributed by atoms with Crippen LogP contribution in [0.5, 0.6) is 11.5 Å². The SMILES string of the molecule is c1cc2c(cc1CC1OCOO1)OCO2. The van der Waals surface area contributed by atoms with Crippen LogP contribution >= 0.6 is 0 Å². The molecule has 0 saturated carbocycles. The van der Waals surface area contributed by atoms with E-state index in [2.05, 4.69) is 4.89 Å². The van der Waals surface area contributed by atoms with Crippen LogP contribution in [0.25, 0.3) is 0 Å². The number of hydrogen-bond donors (Lipinski definition) is 0. The molecule has 80 valence electrons. The summed E-state index contributed by atoms with van der Waals surface area (Å²) < 4.78 is 15.6. The summed E-state index contributed by atoms with van der Waals surface area (Å²) in [6.07, 6.45) is 0.307. The molecule has 5 nitrogen and oxygen atoms in total. The molecule has 1 atom stereocenters. The first-order valence-electron chi connectivity index (χ1n) is 4.70. The van der Waals surface area contributed by atoms with Crippen molar-refractivity contribution in [3.63, 3.8) is 0 Å². The van der Waals surface area contributed by atoms with Gasteiger partial charge in [-0.2, -0.15) is 0 Å². The molecule has 15 heavy (non-hydrogen) atoms. The van der Waals surface area contributed by atoms with Gasteiger partial charge in [0.05, 0.1) is 0 Å². The molecule has 0 N–H and O–H groups in total. The lowest BCUT2D eigenvalue weighted by Crippen LogP contribution is -2.10. The monoisotopic (exact) mass is 210 g/mol. The lowest BCUT2D eigenvalue weighted by atomic mass is 10.1. The maximum Gasteiger partial charge on any atom is 0.231 e. The van der Waals surface area contributed by atoms with Crippen LogP contribution in [-0.2, 0) is 20.9 Å². The van der Waals surface area contributed by atoms with Crippen LogP contribution in [0.4, 0.5) is 0 Å². The molecule has 1 saturated heterocycles. The van der Waals surface area contributed by atoms with Gasteiger partial charge in [-0.1, -0.05) is 6.07 Å². The first kappa shape index (κ1) is 8.96. The van der Waals surface area contributed by atoms with Crippen LogP contribution in [0, 0.1) is 0 Å². The van der Waals surface area contributed by atoms with Crippen molar-refractivity contribution in [2.45, 2.75) is 12.7 Å². The minimum atomic E-state index is -0.328. The van der Waals surface area contributed by atoms with E-state index in [9.17, 15) is 0 Å². The Kier molecular flexibility index (Phi) is 2.21. The third-order valence-corrected chi connectivity index (χ3v) is 2.32. The van der Waals surface area contributed by atoms with Gasteiger partial charge in [-0.15, -0.1) is 0 Å². The van der Waals surface area contributed by atoms with Crippen molar-refractivity contribution in [2.75, 3.05) is 13.6 Å². The number of hydrogen-bond acceptors (Lipinski definition) is 5. The Hall–Kier alpha value is -1.30. The molecular weight excluding hydrogens is 200 g/mol. The van der Waals surface area contributed by atoms with Gasteiger partial charge in [-0.3, -0.25) is 0 Å². The fourth-order valence-electron chi connectivity index (χ4n) is 1.59. The van der Waals surface area contributed by atoms with Gasteiger partial charge in [-0.05, 0) is 17.7 Å². The van der Waals surface area contributed by atoms with Crippen LogP contribution in [0.1, 0.15) is 5.56 Å². The zero-order valence-electron chi connectivity index (χ0n) is 7.97. The van der Waals surface area contributed by atoms with Gasteiger partial charge in [-0.25, -0.2) is 9.78 Å². The van der Waals surface area contributed by atoms with Crippen LogP contribution in [-0.4, -0.2) is 19.9 Å². The van der Waals surface area contributed by atoms with E-state index in [1.54, 1.807) is 0 Å². The Morgan fingerprint density at radius 3 is 2.93 bits per heavy atom. The van der Waals surface area contributed by atoms with Gasteiger partial charge in [0, 0.05) is 6.42 Å². The molecule has 0 aliphatic carbocycles. The molecular formula is C10H10O5. The molecule has 3 rings (SSSR count). The van der Waals surface area contributed by atoms with Crippen molar-refractivity contribution in [1.29, 1.82) is 0 Å². The topological polar surface area (TPSA) is 46.2 Å². The Morgan fingerprint density at radius 2 is 2.07 bits per heavy atom. The zero-order chi connectivity index (χ0) is 10.1. The number of rotatable bonds is 2. The summed E-state index contributed by atoms with van der Waals surface area (Å²) in [5.41, 5.74) is 1.06. The molecule has 0 bridgehead atoms. The highest BCUT2D eigenvalue weighted by Gasteiger charge is 2.20. The third-order valence-electron chi connectivity index (χ3n) is 2.32. The van der Waals surface area contributed by atoms with Crippen LogP contribution in [0.2, 0.25) is 0 Å². The minimum Gasteiger partial charge on any atom is -0.454 e. The fraction of sp³-hybridized carbons (Fsp3) is 0.400. The Bertz CT molecular complexity index is 359. The van der Waals surface area contributed by atoms with Crippen molar-refractivity contribution in [1.82, 2.24) is 0 Å². The van der Waals surface area contributed by atoms with Crippen molar-refractivity contribution in [3.05, 3.63) is 23.8 Å². The van der Waals surface area contributed by atoms with Crippen molar-refractivity contribution in [2.24, 2.45) is 0 Å². The highest BCUT2D eigenvalue weighted by Crippen LogP contribution is 2.33. The average Bonchev–Trinajstić information content (AvgIpc) is 2.87. The van der Waals surface area contributed by atoms with Crippen LogP contribution < -0.4 is 9.47 Å². The van der Waals surface area contributed by atoms with Crippen LogP contribution in [0.15, 0.2) is 18.2 Å². The second-order valence-electron chi connectivity index (χ2n) is 3.32. The van der Waals surface area contributed by atoms with Gasteiger partial charge in [0.2, 0.25) is 6.79 Å². The van der Waals surface area contributed by atoms with Gasteiger partial charge >= 0.3 is 0 Å². The second-order valence-corrected chi connectivity index (χ2v) is 3.32. The Balaban J connectivity index is 1.75. The largest absolute Gasteiger partial charge is 0.454 e. The molecule has 1 fully saturated rings. The smallest absolute Gasteiger partial charge is 0.231 e. The first-order chi connectivity index (χ1) is 7.42. The fourth-order valence-corrected chi connectivity index (χ4v) is 1.59. The van der Waals surface area contributed by atoms with E-state index in [1.165, 1.54) is 0 Å². The highest BCUT2D eigenvalue weighted by atomic mass is 17.3. The zero-order valence-corrected chi connectivity index (χ0v) is 7.97. The average molecular weight is 210 g/mol. The van der Waals surface area contributed by atoms with Gasteiger partial charge in [0.25, 0.3) is 0 Å². The normalized spacial score (nSPS) is 23.3. The Morgan fingerprint density at radius 1 is 1.13 bits per heavy atom. The van der Waals surface area contributed by atoms with E-state index in [0.717, 1.165) is 17.1 Å². The van der Waals surface area contributed by atoms with Crippen molar-refractivity contribution < 1.29 is 24.0 Å². The number of fused-ring (bicyclic) bond motifs is 1. The highest BCUT2D eigenvalue weighted by molar-refractivity contribution is 5.44.